The second-order valence-electron chi connectivity index (χ2n) is 4.53. The van der Waals surface area contributed by atoms with E-state index >= 15 is 0 Å². The molecule has 1 saturated carbocycles. The number of nitrogens with zero attached hydrogens (tertiary/aromatic N) is 3. The van der Waals surface area contributed by atoms with Crippen LogP contribution in [0.25, 0.3) is 0 Å². The lowest BCUT2D eigenvalue weighted by Crippen LogP contribution is -2.35. The molecule has 1 aliphatic rings. The van der Waals surface area contributed by atoms with E-state index < -0.39 is 4.92 Å². The van der Waals surface area contributed by atoms with E-state index in [0.717, 1.165) is 25.7 Å². The third-order valence-corrected chi connectivity index (χ3v) is 3.13. The van der Waals surface area contributed by atoms with Crippen LogP contribution in [0.5, 0.6) is 5.88 Å². The number of aromatic nitrogens is 2. The maximum absolute atomic E-state index is 11.8. The van der Waals surface area contributed by atoms with Crippen LogP contribution in [0.1, 0.15) is 25.7 Å². The molecule has 1 aromatic heterocycles. The summed E-state index contributed by atoms with van der Waals surface area (Å²) in [4.78, 5) is 21.9. The van der Waals surface area contributed by atoms with Crippen LogP contribution in [0, 0.1) is 10.1 Å². The molecule has 1 amide bonds. The molecule has 1 N–H and O–H groups in total. The van der Waals surface area contributed by atoms with E-state index in [1.165, 1.54) is 18.0 Å². The minimum absolute atomic E-state index is 0.0410. The molecular formula is C11H16N4O4. The van der Waals surface area contributed by atoms with E-state index in [0.29, 0.717) is 0 Å². The molecule has 8 nitrogen and oxygen atoms in total. The maximum atomic E-state index is 11.8. The largest absolute Gasteiger partial charge is 0.475 e. The van der Waals surface area contributed by atoms with Gasteiger partial charge in [0.1, 0.15) is 12.7 Å². The van der Waals surface area contributed by atoms with Crippen molar-refractivity contribution in [2.45, 2.75) is 38.3 Å². The first kappa shape index (κ1) is 13.3. The Hall–Kier alpha value is -2.12. The highest BCUT2D eigenvalue weighted by atomic mass is 16.6. The number of nitro groups is 1. The Morgan fingerprint density at radius 3 is 2.84 bits per heavy atom. The number of nitrogens with one attached hydrogen (secondary N) is 1. The Labute approximate surface area is 109 Å². The number of carbonyl (C=O) groups is 1. The SMILES string of the molecule is COc1nn(CC(=O)NC2CCCC2)cc1[N+](=O)[O-]. The van der Waals surface area contributed by atoms with E-state index in [9.17, 15) is 14.9 Å². The van der Waals surface area contributed by atoms with Crippen molar-refractivity contribution in [1.82, 2.24) is 15.1 Å². The lowest BCUT2D eigenvalue weighted by Gasteiger charge is -2.11. The monoisotopic (exact) mass is 268 g/mol. The second kappa shape index (κ2) is 5.68. The lowest BCUT2D eigenvalue weighted by atomic mass is 10.2. The summed E-state index contributed by atoms with van der Waals surface area (Å²) in [7, 11) is 1.30. The predicted octanol–water partition coefficient (Wildman–Crippen LogP) is 0.859. The first-order chi connectivity index (χ1) is 9.10. The fraction of sp³-hybridized carbons (Fsp3) is 0.636. The third kappa shape index (κ3) is 3.21. The highest BCUT2D eigenvalue weighted by Crippen LogP contribution is 2.23. The summed E-state index contributed by atoms with van der Waals surface area (Å²) in [6, 6.07) is 0.222. The third-order valence-electron chi connectivity index (χ3n) is 3.13. The highest BCUT2D eigenvalue weighted by molar-refractivity contribution is 5.76. The summed E-state index contributed by atoms with van der Waals surface area (Å²) in [6.07, 6.45) is 5.45. The zero-order valence-corrected chi connectivity index (χ0v) is 10.7. The molecule has 1 fully saturated rings. The number of rotatable bonds is 5. The van der Waals surface area contributed by atoms with Gasteiger partial charge in [0.2, 0.25) is 5.91 Å². The van der Waals surface area contributed by atoms with E-state index in [1.807, 2.05) is 0 Å². The predicted molar refractivity (Wildman–Crippen MR) is 65.8 cm³/mol. The summed E-state index contributed by atoms with van der Waals surface area (Å²) in [6.45, 7) is -0.0410. The van der Waals surface area contributed by atoms with Gasteiger partial charge in [0.15, 0.2) is 0 Å². The fourth-order valence-electron chi connectivity index (χ4n) is 2.24. The minimum Gasteiger partial charge on any atom is -0.475 e. The number of carbonyl (C=O) groups excluding carboxylic acids is 1. The van der Waals surface area contributed by atoms with Gasteiger partial charge in [0, 0.05) is 6.04 Å². The van der Waals surface area contributed by atoms with Crippen molar-refractivity contribution in [3.8, 4) is 5.88 Å². The van der Waals surface area contributed by atoms with Crippen molar-refractivity contribution < 1.29 is 14.5 Å². The van der Waals surface area contributed by atoms with Crippen LogP contribution in [-0.4, -0.2) is 33.8 Å². The molecule has 0 spiro atoms. The summed E-state index contributed by atoms with van der Waals surface area (Å²) in [5, 5.41) is 17.5. The normalized spacial score (nSPS) is 15.4. The molecule has 1 aromatic rings. The first-order valence-electron chi connectivity index (χ1n) is 6.15. The van der Waals surface area contributed by atoms with Crippen LogP contribution in [0.2, 0.25) is 0 Å². The molecular weight excluding hydrogens is 252 g/mol. The van der Waals surface area contributed by atoms with Crippen molar-refractivity contribution in [3.05, 3.63) is 16.3 Å². The molecule has 1 aliphatic carbocycles. The molecule has 0 unspecified atom stereocenters. The van der Waals surface area contributed by atoms with Crippen LogP contribution in [-0.2, 0) is 11.3 Å². The topological polar surface area (TPSA) is 99.3 Å². The summed E-state index contributed by atoms with van der Waals surface area (Å²) in [5.74, 6) is -0.273. The maximum Gasteiger partial charge on any atom is 0.350 e. The molecule has 0 bridgehead atoms. The quantitative estimate of drug-likeness (QED) is 0.630. The Morgan fingerprint density at radius 1 is 1.63 bits per heavy atom. The number of hydrogen-bond donors (Lipinski definition) is 1. The number of hydrogen-bond acceptors (Lipinski definition) is 5. The number of ether oxygens (including phenoxy) is 1. The molecule has 0 atom stereocenters. The van der Waals surface area contributed by atoms with Crippen molar-refractivity contribution in [2.24, 2.45) is 0 Å². The smallest absolute Gasteiger partial charge is 0.350 e. The molecule has 0 aliphatic heterocycles. The van der Waals surface area contributed by atoms with Gasteiger partial charge in [-0.2, -0.15) is 0 Å². The van der Waals surface area contributed by atoms with Gasteiger partial charge < -0.3 is 10.1 Å². The van der Waals surface area contributed by atoms with Crippen LogP contribution in [0.3, 0.4) is 0 Å². The molecule has 0 aromatic carbocycles. The lowest BCUT2D eigenvalue weighted by molar-refractivity contribution is -0.385. The summed E-state index contributed by atoms with van der Waals surface area (Å²) >= 11 is 0. The van der Waals surface area contributed by atoms with E-state index in [1.54, 1.807) is 0 Å². The van der Waals surface area contributed by atoms with Crippen LogP contribution >= 0.6 is 0 Å². The van der Waals surface area contributed by atoms with Crippen molar-refractivity contribution >= 4 is 11.6 Å². The number of amides is 1. The van der Waals surface area contributed by atoms with Gasteiger partial charge >= 0.3 is 11.6 Å². The van der Waals surface area contributed by atoms with Gasteiger partial charge in [-0.1, -0.05) is 12.8 Å². The van der Waals surface area contributed by atoms with E-state index in [2.05, 4.69) is 10.4 Å². The zero-order chi connectivity index (χ0) is 13.8. The summed E-state index contributed by atoms with van der Waals surface area (Å²) < 4.78 is 6.02. The Morgan fingerprint density at radius 2 is 2.32 bits per heavy atom. The average molecular weight is 268 g/mol. The van der Waals surface area contributed by atoms with Crippen molar-refractivity contribution in [3.63, 3.8) is 0 Å². The molecule has 0 saturated heterocycles. The first-order valence-corrected chi connectivity index (χ1v) is 6.15. The highest BCUT2D eigenvalue weighted by Gasteiger charge is 2.22. The van der Waals surface area contributed by atoms with Gasteiger partial charge in [-0.05, 0) is 12.8 Å². The van der Waals surface area contributed by atoms with Gasteiger partial charge in [-0.15, -0.1) is 5.10 Å². The van der Waals surface area contributed by atoms with Crippen LogP contribution < -0.4 is 10.1 Å². The molecule has 0 radical (unpaired) electrons. The van der Waals surface area contributed by atoms with Crippen LogP contribution in [0.4, 0.5) is 5.69 Å². The molecule has 19 heavy (non-hydrogen) atoms. The zero-order valence-electron chi connectivity index (χ0n) is 10.7. The summed E-state index contributed by atoms with van der Waals surface area (Å²) in [5.41, 5.74) is -0.240. The Kier molecular flexibility index (Phi) is 3.98. The van der Waals surface area contributed by atoms with Gasteiger partial charge in [-0.25, -0.2) is 0 Å². The minimum atomic E-state index is -0.586. The number of methoxy groups -OCH3 is 1. The van der Waals surface area contributed by atoms with E-state index in [-0.39, 0.29) is 30.1 Å². The van der Waals surface area contributed by atoms with E-state index in [4.69, 9.17) is 4.74 Å². The molecule has 8 heteroatoms. The van der Waals surface area contributed by atoms with Crippen LogP contribution in [0.15, 0.2) is 6.20 Å². The average Bonchev–Trinajstić information content (AvgIpc) is 2.97. The Balaban J connectivity index is 1.98. The molecule has 1 heterocycles. The van der Waals surface area contributed by atoms with Crippen molar-refractivity contribution in [1.29, 1.82) is 0 Å². The second-order valence-corrected chi connectivity index (χ2v) is 4.53. The van der Waals surface area contributed by atoms with Gasteiger partial charge in [0.25, 0.3) is 0 Å². The molecule has 2 rings (SSSR count). The van der Waals surface area contributed by atoms with Gasteiger partial charge in [-0.3, -0.25) is 19.6 Å². The standard InChI is InChI=1S/C11H16N4O4/c1-19-11-9(15(17)18)6-14(13-11)7-10(16)12-8-4-2-3-5-8/h6,8H,2-5,7H2,1H3,(H,12,16). The van der Waals surface area contributed by atoms with Gasteiger partial charge in [0.05, 0.1) is 12.0 Å². The molecule has 104 valence electrons. The van der Waals surface area contributed by atoms with Crippen molar-refractivity contribution in [2.75, 3.05) is 7.11 Å². The Bertz CT molecular complexity index is 479. The fourth-order valence-corrected chi connectivity index (χ4v) is 2.24.